The van der Waals surface area contributed by atoms with E-state index in [4.69, 9.17) is 4.74 Å². The summed E-state index contributed by atoms with van der Waals surface area (Å²) in [7, 11) is 1.33. The first-order chi connectivity index (χ1) is 7.70. The molecule has 0 aliphatic carbocycles. The highest BCUT2D eigenvalue weighted by Crippen LogP contribution is 2.18. The summed E-state index contributed by atoms with van der Waals surface area (Å²) < 4.78 is 9.36. The third-order valence-corrected chi connectivity index (χ3v) is 2.41. The molecule has 5 nitrogen and oxygen atoms in total. The molecule has 6 heteroatoms. The molecular formula is C11H12ClNO4. The molecule has 0 aromatic heterocycles. The number of nitrogens with one attached hydrogen (secondary N) is 1. The molecule has 0 spiro atoms. The van der Waals surface area contributed by atoms with Crippen molar-refractivity contribution in [3.63, 3.8) is 0 Å². The first-order valence-corrected chi connectivity index (χ1v) is 4.82. The molecule has 0 saturated carbocycles. The van der Waals surface area contributed by atoms with Gasteiger partial charge in [-0.05, 0) is 17.7 Å². The van der Waals surface area contributed by atoms with Gasteiger partial charge in [0.05, 0.1) is 18.7 Å². The van der Waals surface area contributed by atoms with Gasteiger partial charge in [-0.15, -0.1) is 12.4 Å². The zero-order valence-electron chi connectivity index (χ0n) is 9.14. The second-order valence-electron chi connectivity index (χ2n) is 3.41. The first kappa shape index (κ1) is 13.3. The van der Waals surface area contributed by atoms with Crippen molar-refractivity contribution in [1.29, 1.82) is 0 Å². The molecule has 1 amide bonds. The number of carbonyl (C=O) groups excluding carboxylic acids is 2. The van der Waals surface area contributed by atoms with E-state index in [1.165, 1.54) is 7.11 Å². The van der Waals surface area contributed by atoms with Crippen LogP contribution < -0.4 is 5.32 Å². The fraction of sp³-hybridized carbons (Fsp3) is 0.273. The average Bonchev–Trinajstić information content (AvgIpc) is 2.75. The maximum Gasteiger partial charge on any atom is 0.407 e. The number of benzene rings is 1. The zero-order valence-corrected chi connectivity index (χ0v) is 9.95. The Hall–Kier alpha value is -1.75. The van der Waals surface area contributed by atoms with E-state index < -0.39 is 6.09 Å². The molecule has 0 bridgehead atoms. The normalized spacial score (nSPS) is 17.7. The van der Waals surface area contributed by atoms with Crippen molar-refractivity contribution in [2.45, 2.75) is 6.04 Å². The molecule has 1 aliphatic rings. The standard InChI is InChI=1S/C11H11NO4.ClH/c1-15-10(13)8-4-2-7(3-5-8)9-6-16-11(14)12-9;/h2-5,9H,6H2,1H3,(H,12,14);1H/t9-;/m1./s1. The van der Waals surface area contributed by atoms with E-state index in [2.05, 4.69) is 10.1 Å². The Morgan fingerprint density at radius 3 is 2.53 bits per heavy atom. The maximum atomic E-state index is 11.2. The van der Waals surface area contributed by atoms with Gasteiger partial charge in [-0.3, -0.25) is 0 Å². The molecular weight excluding hydrogens is 246 g/mol. The highest BCUT2D eigenvalue weighted by Gasteiger charge is 2.23. The number of alkyl carbamates (subject to hydrolysis) is 1. The van der Waals surface area contributed by atoms with Gasteiger partial charge in [0.25, 0.3) is 0 Å². The van der Waals surface area contributed by atoms with Gasteiger partial charge in [0.2, 0.25) is 0 Å². The summed E-state index contributed by atoms with van der Waals surface area (Å²) in [4.78, 5) is 22.0. The van der Waals surface area contributed by atoms with Crippen LogP contribution in [0.1, 0.15) is 22.0 Å². The van der Waals surface area contributed by atoms with E-state index in [9.17, 15) is 9.59 Å². The van der Waals surface area contributed by atoms with Gasteiger partial charge in [-0.25, -0.2) is 9.59 Å². The van der Waals surface area contributed by atoms with E-state index >= 15 is 0 Å². The van der Waals surface area contributed by atoms with Crippen LogP contribution in [0, 0.1) is 0 Å². The molecule has 17 heavy (non-hydrogen) atoms. The zero-order chi connectivity index (χ0) is 11.5. The van der Waals surface area contributed by atoms with Gasteiger partial charge in [0, 0.05) is 0 Å². The lowest BCUT2D eigenvalue weighted by Gasteiger charge is -2.07. The highest BCUT2D eigenvalue weighted by atomic mass is 35.5. The number of halogens is 1. The third kappa shape index (κ3) is 2.88. The Morgan fingerprint density at radius 2 is 2.06 bits per heavy atom. The largest absolute Gasteiger partial charge is 0.465 e. The van der Waals surface area contributed by atoms with Crippen LogP contribution in [-0.2, 0) is 9.47 Å². The van der Waals surface area contributed by atoms with Crippen molar-refractivity contribution in [3.05, 3.63) is 35.4 Å². The third-order valence-electron chi connectivity index (χ3n) is 2.41. The fourth-order valence-corrected chi connectivity index (χ4v) is 1.53. The van der Waals surface area contributed by atoms with Crippen LogP contribution in [0.25, 0.3) is 0 Å². The first-order valence-electron chi connectivity index (χ1n) is 4.82. The Bertz CT molecular complexity index is 418. The fourth-order valence-electron chi connectivity index (χ4n) is 1.53. The molecule has 1 aromatic carbocycles. The van der Waals surface area contributed by atoms with E-state index in [1.54, 1.807) is 24.3 Å². The van der Waals surface area contributed by atoms with Gasteiger partial charge in [0.1, 0.15) is 6.61 Å². The van der Waals surface area contributed by atoms with Crippen molar-refractivity contribution in [3.8, 4) is 0 Å². The number of ether oxygens (including phenoxy) is 2. The number of methoxy groups -OCH3 is 1. The van der Waals surface area contributed by atoms with Crippen LogP contribution in [0.2, 0.25) is 0 Å². The SMILES string of the molecule is COC(=O)c1ccc([C@H]2COC(=O)N2)cc1.Cl. The van der Waals surface area contributed by atoms with Crippen LogP contribution in [0.3, 0.4) is 0 Å². The molecule has 1 aliphatic heterocycles. The van der Waals surface area contributed by atoms with Crippen LogP contribution >= 0.6 is 12.4 Å². The molecule has 92 valence electrons. The lowest BCUT2D eigenvalue weighted by Crippen LogP contribution is -2.18. The van der Waals surface area contributed by atoms with E-state index in [1.807, 2.05) is 0 Å². The van der Waals surface area contributed by atoms with Gasteiger partial charge in [0.15, 0.2) is 0 Å². The molecule has 1 aromatic rings. The van der Waals surface area contributed by atoms with Crippen LogP contribution in [0.15, 0.2) is 24.3 Å². The van der Waals surface area contributed by atoms with E-state index in [-0.39, 0.29) is 24.4 Å². The molecule has 2 rings (SSSR count). The topological polar surface area (TPSA) is 64.6 Å². The number of hydrogen-bond acceptors (Lipinski definition) is 4. The van der Waals surface area contributed by atoms with Crippen LogP contribution in [0.4, 0.5) is 4.79 Å². The van der Waals surface area contributed by atoms with Gasteiger partial charge < -0.3 is 14.8 Å². The highest BCUT2D eigenvalue weighted by molar-refractivity contribution is 5.89. The Balaban J connectivity index is 0.00000144. The molecule has 1 atom stereocenters. The summed E-state index contributed by atoms with van der Waals surface area (Å²) in [6.07, 6.45) is -0.415. The van der Waals surface area contributed by atoms with Gasteiger partial charge in [-0.2, -0.15) is 0 Å². The lowest BCUT2D eigenvalue weighted by atomic mass is 10.1. The van der Waals surface area contributed by atoms with Crippen molar-refractivity contribution in [2.24, 2.45) is 0 Å². The quantitative estimate of drug-likeness (QED) is 0.819. The summed E-state index contributed by atoms with van der Waals surface area (Å²) in [5.41, 5.74) is 1.38. The second kappa shape index (κ2) is 5.54. The Labute approximate surface area is 105 Å². The summed E-state index contributed by atoms with van der Waals surface area (Å²) in [6, 6.07) is 6.72. The minimum Gasteiger partial charge on any atom is -0.465 e. The maximum absolute atomic E-state index is 11.2. The number of carbonyl (C=O) groups is 2. The van der Waals surface area contributed by atoms with Crippen molar-refractivity contribution in [2.75, 3.05) is 13.7 Å². The van der Waals surface area contributed by atoms with E-state index in [0.717, 1.165) is 5.56 Å². The van der Waals surface area contributed by atoms with Crippen molar-refractivity contribution >= 4 is 24.5 Å². The Morgan fingerprint density at radius 1 is 1.41 bits per heavy atom. The average molecular weight is 258 g/mol. The number of hydrogen-bond donors (Lipinski definition) is 1. The van der Waals surface area contributed by atoms with Gasteiger partial charge in [-0.1, -0.05) is 12.1 Å². The summed E-state index contributed by atoms with van der Waals surface area (Å²) in [5, 5.41) is 2.66. The smallest absolute Gasteiger partial charge is 0.407 e. The van der Waals surface area contributed by atoms with E-state index in [0.29, 0.717) is 12.2 Å². The Kier molecular flexibility index (Phi) is 4.34. The molecule has 1 N–H and O–H groups in total. The molecule has 1 heterocycles. The summed E-state index contributed by atoms with van der Waals surface area (Å²) in [5.74, 6) is -0.377. The minimum atomic E-state index is -0.415. The monoisotopic (exact) mass is 257 g/mol. The second-order valence-corrected chi connectivity index (χ2v) is 3.41. The predicted octanol–water partition coefficient (Wildman–Crippen LogP) is 1.68. The predicted molar refractivity (Wildman–Crippen MR) is 62.3 cm³/mol. The molecule has 0 unspecified atom stereocenters. The molecule has 1 saturated heterocycles. The molecule has 1 fully saturated rings. The number of esters is 1. The van der Waals surface area contributed by atoms with Crippen LogP contribution in [-0.4, -0.2) is 25.8 Å². The van der Waals surface area contributed by atoms with Crippen LogP contribution in [0.5, 0.6) is 0 Å². The summed E-state index contributed by atoms with van der Waals surface area (Å²) >= 11 is 0. The summed E-state index contributed by atoms with van der Waals surface area (Å²) in [6.45, 7) is 0.316. The van der Waals surface area contributed by atoms with Crippen molar-refractivity contribution in [1.82, 2.24) is 5.32 Å². The number of cyclic esters (lactones) is 1. The van der Waals surface area contributed by atoms with Crippen molar-refractivity contribution < 1.29 is 19.1 Å². The minimum absolute atomic E-state index is 0. The number of rotatable bonds is 2. The lowest BCUT2D eigenvalue weighted by molar-refractivity contribution is 0.0600. The number of amides is 1. The molecule has 0 radical (unpaired) electrons. The van der Waals surface area contributed by atoms with Gasteiger partial charge >= 0.3 is 12.1 Å².